The predicted octanol–water partition coefficient (Wildman–Crippen LogP) is 3.34. The van der Waals surface area contributed by atoms with Crippen molar-refractivity contribution in [2.45, 2.75) is 20.8 Å². The molecule has 3 aliphatic rings. The number of hydrogen-bond acceptors (Lipinski definition) is 3. The van der Waals surface area contributed by atoms with Gasteiger partial charge in [-0.3, -0.25) is 9.59 Å². The first-order valence-electron chi connectivity index (χ1n) is 8.51. The standard InChI is InChI=1S/C20H21NO3/c1-4-24-15-8-6-5-7-14(15)21-19(22)17-12-9-10-13(16(12)11(2)3)18(17)20(21)23/h5-10,12-13,17-18H,4H2,1-3H3/t12-,13-,17-,18+/m1/s1. The molecule has 0 N–H and O–H groups in total. The molecule has 4 rings (SSSR count). The average molecular weight is 323 g/mol. The van der Waals surface area contributed by atoms with E-state index in [0.717, 1.165) is 0 Å². The molecule has 2 bridgehead atoms. The molecule has 0 unspecified atom stereocenters. The highest BCUT2D eigenvalue weighted by Crippen LogP contribution is 2.57. The normalized spacial score (nSPS) is 30.3. The summed E-state index contributed by atoms with van der Waals surface area (Å²) in [6.07, 6.45) is 4.22. The number of hydrogen-bond donors (Lipinski definition) is 0. The van der Waals surface area contributed by atoms with Crippen LogP contribution < -0.4 is 9.64 Å². The number of amides is 2. The summed E-state index contributed by atoms with van der Waals surface area (Å²) >= 11 is 0. The maximum absolute atomic E-state index is 13.1. The Morgan fingerprint density at radius 3 is 2.17 bits per heavy atom. The third-order valence-electron chi connectivity index (χ3n) is 5.40. The van der Waals surface area contributed by atoms with Gasteiger partial charge in [-0.15, -0.1) is 0 Å². The third kappa shape index (κ3) is 1.86. The molecule has 0 aromatic heterocycles. The molecule has 1 aliphatic heterocycles. The largest absolute Gasteiger partial charge is 0.492 e. The summed E-state index contributed by atoms with van der Waals surface area (Å²) < 4.78 is 5.63. The summed E-state index contributed by atoms with van der Waals surface area (Å²) in [5.41, 5.74) is 3.07. The van der Waals surface area contributed by atoms with Crippen LogP contribution in [0.5, 0.6) is 5.75 Å². The van der Waals surface area contributed by atoms with E-state index in [4.69, 9.17) is 4.74 Å². The van der Waals surface area contributed by atoms with Crippen LogP contribution in [0.15, 0.2) is 47.6 Å². The lowest BCUT2D eigenvalue weighted by atomic mass is 9.85. The van der Waals surface area contributed by atoms with Crippen molar-refractivity contribution < 1.29 is 14.3 Å². The SMILES string of the molecule is CCOc1ccccc1N1C(=O)[C@@H]2[C@H](C1=O)[C@@H]1C=C[C@@H]2C1=C(C)C. The summed E-state index contributed by atoms with van der Waals surface area (Å²) in [4.78, 5) is 27.6. The summed E-state index contributed by atoms with van der Waals surface area (Å²) in [7, 11) is 0. The Morgan fingerprint density at radius 2 is 1.62 bits per heavy atom. The fraction of sp³-hybridized carbons (Fsp3) is 0.400. The minimum Gasteiger partial charge on any atom is -0.492 e. The van der Waals surface area contributed by atoms with Crippen LogP contribution in [0.3, 0.4) is 0 Å². The van der Waals surface area contributed by atoms with Gasteiger partial charge in [0.05, 0.1) is 24.1 Å². The minimum atomic E-state index is -0.257. The predicted molar refractivity (Wildman–Crippen MR) is 91.6 cm³/mol. The zero-order chi connectivity index (χ0) is 17.0. The molecular formula is C20H21NO3. The monoisotopic (exact) mass is 323 g/mol. The molecule has 4 nitrogen and oxygen atoms in total. The van der Waals surface area contributed by atoms with E-state index in [-0.39, 0.29) is 35.5 Å². The molecule has 24 heavy (non-hydrogen) atoms. The van der Waals surface area contributed by atoms with Crippen LogP contribution >= 0.6 is 0 Å². The Balaban J connectivity index is 1.76. The maximum atomic E-state index is 13.1. The number of imide groups is 1. The Bertz CT molecular complexity index is 754. The number of allylic oxidation sites excluding steroid dienone is 4. The van der Waals surface area contributed by atoms with Crippen LogP contribution in [0.2, 0.25) is 0 Å². The van der Waals surface area contributed by atoms with E-state index in [1.807, 2.05) is 25.1 Å². The number of carbonyl (C=O) groups is 2. The van der Waals surface area contributed by atoms with E-state index in [1.165, 1.54) is 16.0 Å². The molecule has 4 heteroatoms. The van der Waals surface area contributed by atoms with E-state index >= 15 is 0 Å². The Kier molecular flexibility index (Phi) is 3.37. The molecule has 2 aliphatic carbocycles. The second-order valence-electron chi connectivity index (χ2n) is 6.86. The second-order valence-corrected chi connectivity index (χ2v) is 6.86. The molecule has 2 amide bonds. The first-order valence-corrected chi connectivity index (χ1v) is 8.51. The van der Waals surface area contributed by atoms with Crippen molar-refractivity contribution >= 4 is 17.5 Å². The minimum absolute atomic E-state index is 0.0747. The number of anilines is 1. The van der Waals surface area contributed by atoms with Gasteiger partial charge in [0.1, 0.15) is 5.75 Å². The molecule has 1 aromatic carbocycles. The van der Waals surface area contributed by atoms with E-state index in [9.17, 15) is 9.59 Å². The Morgan fingerprint density at radius 1 is 1.04 bits per heavy atom. The topological polar surface area (TPSA) is 46.6 Å². The maximum Gasteiger partial charge on any atom is 0.238 e. The number of benzene rings is 1. The lowest BCUT2D eigenvalue weighted by molar-refractivity contribution is -0.123. The molecule has 1 saturated carbocycles. The lowest BCUT2D eigenvalue weighted by Gasteiger charge is -2.21. The van der Waals surface area contributed by atoms with Crippen molar-refractivity contribution in [3.05, 3.63) is 47.6 Å². The van der Waals surface area contributed by atoms with Crippen molar-refractivity contribution in [1.29, 1.82) is 0 Å². The molecule has 124 valence electrons. The third-order valence-corrected chi connectivity index (χ3v) is 5.40. The van der Waals surface area contributed by atoms with Crippen LogP contribution in [0.25, 0.3) is 0 Å². The lowest BCUT2D eigenvalue weighted by Crippen LogP contribution is -2.33. The van der Waals surface area contributed by atoms with E-state index in [0.29, 0.717) is 18.0 Å². The number of para-hydroxylation sites is 2. The van der Waals surface area contributed by atoms with Crippen molar-refractivity contribution in [2.75, 3.05) is 11.5 Å². The summed E-state index contributed by atoms with van der Waals surface area (Å²) in [5, 5.41) is 0. The van der Waals surface area contributed by atoms with E-state index in [2.05, 4.69) is 26.0 Å². The van der Waals surface area contributed by atoms with Crippen LogP contribution in [0.4, 0.5) is 5.69 Å². The number of rotatable bonds is 3. The Labute approximate surface area is 141 Å². The first-order chi connectivity index (χ1) is 11.6. The van der Waals surface area contributed by atoms with Gasteiger partial charge >= 0.3 is 0 Å². The van der Waals surface area contributed by atoms with Crippen LogP contribution in [-0.2, 0) is 9.59 Å². The zero-order valence-electron chi connectivity index (χ0n) is 14.2. The summed E-state index contributed by atoms with van der Waals surface area (Å²) in [6, 6.07) is 7.29. The molecule has 0 spiro atoms. The van der Waals surface area contributed by atoms with Crippen molar-refractivity contribution in [1.82, 2.24) is 0 Å². The smallest absolute Gasteiger partial charge is 0.238 e. The number of ether oxygens (including phenoxy) is 1. The van der Waals surface area contributed by atoms with Crippen LogP contribution in [0, 0.1) is 23.7 Å². The molecule has 0 radical (unpaired) electrons. The summed E-state index contributed by atoms with van der Waals surface area (Å²) in [5.74, 6) is 0.0421. The molecule has 1 heterocycles. The molecule has 4 atom stereocenters. The van der Waals surface area contributed by atoms with Gasteiger partial charge in [0.15, 0.2) is 0 Å². The average Bonchev–Trinajstić information content (AvgIpc) is 3.19. The van der Waals surface area contributed by atoms with Crippen LogP contribution in [-0.4, -0.2) is 18.4 Å². The van der Waals surface area contributed by atoms with E-state index in [1.54, 1.807) is 6.07 Å². The highest BCUT2D eigenvalue weighted by Gasteiger charge is 2.62. The van der Waals surface area contributed by atoms with Gasteiger partial charge in [-0.05, 0) is 32.9 Å². The van der Waals surface area contributed by atoms with Gasteiger partial charge in [-0.1, -0.05) is 35.4 Å². The quantitative estimate of drug-likeness (QED) is 0.633. The highest BCUT2D eigenvalue weighted by atomic mass is 16.5. The van der Waals surface area contributed by atoms with Gasteiger partial charge in [0.25, 0.3) is 0 Å². The molecule has 2 fully saturated rings. The fourth-order valence-corrected chi connectivity index (χ4v) is 4.59. The number of fused-ring (bicyclic) bond motifs is 5. The fourth-order valence-electron chi connectivity index (χ4n) is 4.59. The second kappa shape index (κ2) is 5.33. The van der Waals surface area contributed by atoms with Gasteiger partial charge < -0.3 is 4.74 Å². The zero-order valence-corrected chi connectivity index (χ0v) is 14.2. The number of nitrogens with zero attached hydrogens (tertiary/aromatic N) is 1. The van der Waals surface area contributed by atoms with Crippen molar-refractivity contribution in [3.8, 4) is 5.75 Å². The number of carbonyl (C=O) groups excluding carboxylic acids is 2. The van der Waals surface area contributed by atoms with Gasteiger partial charge in [0.2, 0.25) is 11.8 Å². The molecule has 1 aromatic rings. The van der Waals surface area contributed by atoms with Gasteiger partial charge in [-0.2, -0.15) is 0 Å². The first kappa shape index (κ1) is 15.2. The highest BCUT2D eigenvalue weighted by molar-refractivity contribution is 6.23. The van der Waals surface area contributed by atoms with Crippen molar-refractivity contribution in [2.24, 2.45) is 23.7 Å². The van der Waals surface area contributed by atoms with Gasteiger partial charge in [-0.25, -0.2) is 4.90 Å². The van der Waals surface area contributed by atoms with Crippen LogP contribution in [0.1, 0.15) is 20.8 Å². The van der Waals surface area contributed by atoms with E-state index < -0.39 is 0 Å². The van der Waals surface area contributed by atoms with Crippen molar-refractivity contribution in [3.63, 3.8) is 0 Å². The van der Waals surface area contributed by atoms with Gasteiger partial charge in [0, 0.05) is 11.8 Å². The molecule has 1 saturated heterocycles. The molecular weight excluding hydrogens is 302 g/mol. The summed E-state index contributed by atoms with van der Waals surface area (Å²) in [6.45, 7) is 6.53. The Hall–Kier alpha value is -2.36.